The maximum atomic E-state index is 6.58. The Morgan fingerprint density at radius 2 is 0.847 bits per heavy atom. The first-order valence-corrected chi connectivity index (χ1v) is 20.4. The highest BCUT2D eigenvalue weighted by Crippen LogP contribution is 2.64. The smallest absolute Gasteiger partial charge is 0.136 e. The molecule has 0 radical (unpaired) electrons. The standard InChI is InChI=1S/C57H32O2/c1-2-12-34-31-54-47(29-33(34)11-1)55-38(17-10-22-52(55)59-54)35-23-25-42-46-28-27-39-37(36-24-26-44-43-15-5-8-21-51(43)58-53(44)32-36)16-9-18-45(39)56(46)57(50(42)30-35)48-19-6-3-13-40(48)41-14-4-7-20-49(41)57/h1-32H. The minimum Gasteiger partial charge on any atom is -0.456 e. The van der Waals surface area contributed by atoms with Crippen molar-refractivity contribution in [2.45, 2.75) is 5.41 Å². The Labute approximate surface area is 339 Å². The molecule has 0 saturated heterocycles. The number of hydrogen-bond acceptors (Lipinski definition) is 2. The molecule has 10 aromatic carbocycles. The van der Waals surface area contributed by atoms with E-state index in [1.54, 1.807) is 0 Å². The van der Waals surface area contributed by atoms with Crippen molar-refractivity contribution in [1.82, 2.24) is 0 Å². The lowest BCUT2D eigenvalue weighted by molar-refractivity contribution is 0.669. The molecule has 0 atom stereocenters. The lowest BCUT2D eigenvalue weighted by atomic mass is 9.69. The fourth-order valence-electron chi connectivity index (χ4n) is 11.1. The van der Waals surface area contributed by atoms with Gasteiger partial charge in [0.25, 0.3) is 0 Å². The van der Waals surface area contributed by atoms with Crippen LogP contribution in [0.4, 0.5) is 0 Å². The summed E-state index contributed by atoms with van der Waals surface area (Å²) in [5.74, 6) is 0. The van der Waals surface area contributed by atoms with Crippen molar-refractivity contribution in [3.05, 3.63) is 216 Å². The maximum Gasteiger partial charge on any atom is 0.136 e. The van der Waals surface area contributed by atoms with E-state index < -0.39 is 5.41 Å². The first-order valence-electron chi connectivity index (χ1n) is 20.4. The molecule has 0 N–H and O–H groups in total. The van der Waals surface area contributed by atoms with Gasteiger partial charge >= 0.3 is 0 Å². The first kappa shape index (κ1) is 31.4. The Morgan fingerprint density at radius 3 is 1.71 bits per heavy atom. The van der Waals surface area contributed by atoms with Crippen molar-refractivity contribution in [2.75, 3.05) is 0 Å². The topological polar surface area (TPSA) is 26.3 Å². The van der Waals surface area contributed by atoms with E-state index in [0.717, 1.165) is 49.4 Å². The van der Waals surface area contributed by atoms with E-state index in [1.165, 1.54) is 82.7 Å². The lowest BCUT2D eigenvalue weighted by Crippen LogP contribution is -2.26. The van der Waals surface area contributed by atoms with Crippen LogP contribution in [0.5, 0.6) is 0 Å². The summed E-state index contributed by atoms with van der Waals surface area (Å²) in [6.45, 7) is 0. The minimum absolute atomic E-state index is 0.531. The third kappa shape index (κ3) is 4.00. The van der Waals surface area contributed by atoms with E-state index in [4.69, 9.17) is 8.83 Å². The van der Waals surface area contributed by atoms with Crippen LogP contribution in [0.1, 0.15) is 22.3 Å². The number of furan rings is 2. The second kappa shape index (κ2) is 11.2. The fourth-order valence-corrected chi connectivity index (χ4v) is 11.1. The molecule has 272 valence electrons. The van der Waals surface area contributed by atoms with Gasteiger partial charge in [-0.3, -0.25) is 0 Å². The molecule has 2 heterocycles. The van der Waals surface area contributed by atoms with E-state index in [-0.39, 0.29) is 0 Å². The molecule has 2 heteroatoms. The normalized spacial score (nSPS) is 13.6. The molecule has 0 unspecified atom stereocenters. The number of fused-ring (bicyclic) bond motifs is 19. The third-order valence-electron chi connectivity index (χ3n) is 13.5. The molecule has 2 aliphatic carbocycles. The molecule has 0 bridgehead atoms. The Hall–Kier alpha value is -7.68. The van der Waals surface area contributed by atoms with E-state index in [2.05, 4.69) is 188 Å². The van der Waals surface area contributed by atoms with Crippen LogP contribution >= 0.6 is 0 Å². The molecule has 0 aliphatic heterocycles. The van der Waals surface area contributed by atoms with Crippen LogP contribution in [0.2, 0.25) is 0 Å². The zero-order valence-electron chi connectivity index (χ0n) is 31.8. The summed E-state index contributed by atoms with van der Waals surface area (Å²) in [5.41, 5.74) is 18.3. The van der Waals surface area contributed by atoms with Crippen LogP contribution in [0.25, 0.3) is 110 Å². The van der Waals surface area contributed by atoms with Gasteiger partial charge in [0, 0.05) is 21.5 Å². The van der Waals surface area contributed by atoms with Crippen molar-refractivity contribution in [3.63, 3.8) is 0 Å². The third-order valence-corrected chi connectivity index (χ3v) is 13.5. The molecule has 59 heavy (non-hydrogen) atoms. The van der Waals surface area contributed by atoms with Gasteiger partial charge in [-0.05, 0) is 131 Å². The number of rotatable bonds is 2. The highest BCUT2D eigenvalue weighted by atomic mass is 16.3. The maximum absolute atomic E-state index is 6.58. The van der Waals surface area contributed by atoms with Crippen LogP contribution in [-0.4, -0.2) is 0 Å². The zero-order chi connectivity index (χ0) is 38.4. The van der Waals surface area contributed by atoms with Gasteiger partial charge in [-0.25, -0.2) is 0 Å². The Balaban J connectivity index is 1.05. The summed E-state index contributed by atoms with van der Waals surface area (Å²) in [4.78, 5) is 0. The summed E-state index contributed by atoms with van der Waals surface area (Å²) >= 11 is 0. The van der Waals surface area contributed by atoms with Crippen molar-refractivity contribution < 1.29 is 8.83 Å². The van der Waals surface area contributed by atoms with Crippen molar-refractivity contribution in [2.24, 2.45) is 0 Å². The summed E-state index contributed by atoms with van der Waals surface area (Å²) in [7, 11) is 0. The van der Waals surface area contributed by atoms with E-state index >= 15 is 0 Å². The van der Waals surface area contributed by atoms with Crippen molar-refractivity contribution >= 4 is 65.4 Å². The molecule has 2 aromatic heterocycles. The Kier molecular flexibility index (Phi) is 5.99. The van der Waals surface area contributed by atoms with Gasteiger partial charge in [-0.2, -0.15) is 0 Å². The van der Waals surface area contributed by atoms with Crippen LogP contribution in [0.3, 0.4) is 0 Å². The van der Waals surface area contributed by atoms with Gasteiger partial charge in [0.2, 0.25) is 0 Å². The highest BCUT2D eigenvalue weighted by molar-refractivity contribution is 6.16. The van der Waals surface area contributed by atoms with Gasteiger partial charge in [0.15, 0.2) is 0 Å². The van der Waals surface area contributed by atoms with Gasteiger partial charge < -0.3 is 8.83 Å². The lowest BCUT2D eigenvalue weighted by Gasteiger charge is -2.32. The molecular weight excluding hydrogens is 717 g/mol. The van der Waals surface area contributed by atoms with Gasteiger partial charge in [-0.1, -0.05) is 152 Å². The predicted molar refractivity (Wildman–Crippen MR) is 243 cm³/mol. The van der Waals surface area contributed by atoms with Crippen LogP contribution in [0.15, 0.2) is 203 Å². The summed E-state index contributed by atoms with van der Waals surface area (Å²) in [5, 5.41) is 9.48. The molecule has 0 fully saturated rings. The molecule has 0 amide bonds. The van der Waals surface area contributed by atoms with Crippen molar-refractivity contribution in [3.8, 4) is 44.5 Å². The molecular formula is C57H32O2. The van der Waals surface area contributed by atoms with E-state index in [1.807, 2.05) is 6.07 Å². The average Bonchev–Trinajstić information content (AvgIpc) is 4.02. The number of hydrogen-bond donors (Lipinski definition) is 0. The van der Waals surface area contributed by atoms with E-state index in [0.29, 0.717) is 0 Å². The van der Waals surface area contributed by atoms with Crippen LogP contribution in [-0.2, 0) is 5.41 Å². The summed E-state index contributed by atoms with van der Waals surface area (Å²) in [6.07, 6.45) is 0. The van der Waals surface area contributed by atoms with Crippen LogP contribution < -0.4 is 0 Å². The second-order valence-electron chi connectivity index (χ2n) is 16.3. The molecule has 0 saturated carbocycles. The van der Waals surface area contributed by atoms with Gasteiger partial charge in [-0.15, -0.1) is 0 Å². The van der Waals surface area contributed by atoms with Gasteiger partial charge in [0.1, 0.15) is 22.3 Å². The highest BCUT2D eigenvalue weighted by Gasteiger charge is 2.52. The summed E-state index contributed by atoms with van der Waals surface area (Å²) in [6, 6.07) is 71.5. The molecule has 12 aromatic rings. The van der Waals surface area contributed by atoms with Gasteiger partial charge in [0.05, 0.1) is 5.41 Å². The largest absolute Gasteiger partial charge is 0.456 e. The Morgan fingerprint density at radius 1 is 0.288 bits per heavy atom. The molecule has 2 aliphatic rings. The number of benzene rings is 10. The SMILES string of the molecule is c1ccc2c(c1)-c1ccccc1C21c2cc(-c3cccc4oc5cc6ccccc6cc5c34)ccc2-c2ccc3c(-c4ccc5c(c4)oc4ccccc45)cccc3c21. The molecule has 1 spiro atoms. The fraction of sp³-hybridized carbons (Fsp3) is 0.0175. The molecule has 14 rings (SSSR count). The Bertz CT molecular complexity index is 3750. The quantitative estimate of drug-likeness (QED) is 0.176. The monoisotopic (exact) mass is 748 g/mol. The zero-order valence-corrected chi connectivity index (χ0v) is 31.8. The minimum atomic E-state index is -0.531. The summed E-state index contributed by atoms with van der Waals surface area (Å²) < 4.78 is 13.0. The average molecular weight is 749 g/mol. The molecule has 2 nitrogen and oxygen atoms in total. The first-order chi connectivity index (χ1) is 29.2. The van der Waals surface area contributed by atoms with Crippen molar-refractivity contribution in [1.29, 1.82) is 0 Å². The van der Waals surface area contributed by atoms with E-state index in [9.17, 15) is 0 Å². The second-order valence-corrected chi connectivity index (χ2v) is 16.3. The predicted octanol–water partition coefficient (Wildman–Crippen LogP) is 15.5. The van der Waals surface area contributed by atoms with Crippen LogP contribution in [0, 0.1) is 0 Å². The number of para-hydroxylation sites is 1.